The molecule has 0 saturated carbocycles. The minimum absolute atomic E-state index is 0.247. The van der Waals surface area contributed by atoms with E-state index < -0.39 is 15.0 Å². The molecule has 0 radical (unpaired) electrons. The molecule has 1 fully saturated rings. The first-order chi connectivity index (χ1) is 12.1. The van der Waals surface area contributed by atoms with Crippen LogP contribution in [0.2, 0.25) is 6.04 Å². The van der Waals surface area contributed by atoms with Crippen molar-refractivity contribution in [1.82, 2.24) is 0 Å². The molecule has 0 aromatic carbocycles. The van der Waals surface area contributed by atoms with Crippen LogP contribution in [0.25, 0.3) is 0 Å². The van der Waals surface area contributed by atoms with Crippen molar-refractivity contribution in [3.63, 3.8) is 0 Å². The van der Waals surface area contributed by atoms with Crippen LogP contribution in [0.15, 0.2) is 0 Å². The lowest BCUT2D eigenvalue weighted by atomic mass is 10.3. The van der Waals surface area contributed by atoms with Crippen molar-refractivity contribution in [3.05, 3.63) is 0 Å². The number of epoxide rings is 1. The number of hydrogen-bond donors (Lipinski definition) is 1. The molecule has 1 aliphatic rings. The Labute approximate surface area is 151 Å². The Morgan fingerprint density at radius 2 is 1.72 bits per heavy atom. The van der Waals surface area contributed by atoms with Crippen LogP contribution in [0.1, 0.15) is 19.3 Å². The maximum absolute atomic E-state index is 6.00. The molecular formula is C15H33NO8Si. The Balaban J connectivity index is 2.59. The lowest BCUT2D eigenvalue weighted by molar-refractivity contribution is -0.460. The molecule has 1 rings (SSSR count). The van der Waals surface area contributed by atoms with E-state index in [1.807, 2.05) is 0 Å². The van der Waals surface area contributed by atoms with Gasteiger partial charge >= 0.3 is 15.0 Å². The summed E-state index contributed by atoms with van der Waals surface area (Å²) in [5.74, 6) is 0. The molecule has 25 heavy (non-hydrogen) atoms. The van der Waals surface area contributed by atoms with Crippen LogP contribution in [0.3, 0.4) is 0 Å². The third kappa shape index (κ3) is 8.39. The highest BCUT2D eigenvalue weighted by Crippen LogP contribution is 2.27. The Morgan fingerprint density at radius 3 is 2.24 bits per heavy atom. The maximum atomic E-state index is 6.00. The summed E-state index contributed by atoms with van der Waals surface area (Å²) in [6.45, 7) is 3.04. The molecule has 150 valence electrons. The monoisotopic (exact) mass is 383 g/mol. The van der Waals surface area contributed by atoms with Gasteiger partial charge in [-0.2, -0.15) is 0 Å². The van der Waals surface area contributed by atoms with Gasteiger partial charge in [0.15, 0.2) is 0 Å². The summed E-state index contributed by atoms with van der Waals surface area (Å²) in [4.78, 5) is 0. The minimum atomic E-state index is -3.11. The van der Waals surface area contributed by atoms with E-state index in [1.165, 1.54) is 21.3 Å². The Hall–Kier alpha value is -0.143. The van der Waals surface area contributed by atoms with E-state index in [9.17, 15) is 0 Å². The maximum Gasteiger partial charge on any atom is 0.506 e. The second kappa shape index (κ2) is 12.3. The average Bonchev–Trinajstić information content (AvgIpc) is 3.47. The molecule has 1 saturated heterocycles. The normalized spacial score (nSPS) is 19.8. The smallest absolute Gasteiger partial charge is 0.379 e. The summed E-state index contributed by atoms with van der Waals surface area (Å²) in [5, 5.41) is 0. The van der Waals surface area contributed by atoms with E-state index in [0.717, 1.165) is 19.4 Å². The SMILES string of the molecule is COC(OC)(OC)O[Si](CCCOCC1CO1)(OC)OCCCCN. The minimum Gasteiger partial charge on any atom is -0.379 e. The van der Waals surface area contributed by atoms with Crippen LogP contribution in [0, 0.1) is 0 Å². The number of nitrogens with two attached hydrogens (primary N) is 1. The van der Waals surface area contributed by atoms with E-state index >= 15 is 0 Å². The van der Waals surface area contributed by atoms with Crippen molar-refractivity contribution in [1.29, 1.82) is 0 Å². The molecule has 0 aromatic heterocycles. The van der Waals surface area contributed by atoms with E-state index in [-0.39, 0.29) is 6.10 Å². The number of methoxy groups -OCH3 is 3. The van der Waals surface area contributed by atoms with Crippen LogP contribution < -0.4 is 5.73 Å². The molecule has 0 aromatic rings. The fourth-order valence-corrected chi connectivity index (χ4v) is 4.54. The van der Waals surface area contributed by atoms with Gasteiger partial charge < -0.3 is 38.3 Å². The lowest BCUT2D eigenvalue weighted by Gasteiger charge is -2.36. The van der Waals surface area contributed by atoms with E-state index in [4.69, 9.17) is 42.7 Å². The second-order valence-electron chi connectivity index (χ2n) is 5.58. The fourth-order valence-electron chi connectivity index (χ4n) is 2.16. The molecule has 1 aliphatic heterocycles. The van der Waals surface area contributed by atoms with Crippen molar-refractivity contribution in [2.75, 3.05) is 61.4 Å². The van der Waals surface area contributed by atoms with Gasteiger partial charge in [0.05, 0.1) is 13.2 Å². The molecule has 0 aliphatic carbocycles. The van der Waals surface area contributed by atoms with Gasteiger partial charge in [-0.15, -0.1) is 0 Å². The number of ether oxygens (including phenoxy) is 5. The van der Waals surface area contributed by atoms with Gasteiger partial charge in [-0.05, 0) is 25.8 Å². The van der Waals surface area contributed by atoms with Gasteiger partial charge in [-0.1, -0.05) is 0 Å². The van der Waals surface area contributed by atoms with Gasteiger partial charge in [-0.25, -0.2) is 0 Å². The largest absolute Gasteiger partial charge is 0.506 e. The first kappa shape index (κ1) is 22.9. The molecule has 10 heteroatoms. The van der Waals surface area contributed by atoms with Crippen LogP contribution in [0.4, 0.5) is 0 Å². The predicted molar refractivity (Wildman–Crippen MR) is 91.8 cm³/mol. The topological polar surface area (TPSA) is 103 Å². The van der Waals surface area contributed by atoms with Gasteiger partial charge in [0.25, 0.3) is 0 Å². The van der Waals surface area contributed by atoms with Crippen LogP contribution in [-0.4, -0.2) is 82.5 Å². The third-order valence-electron chi connectivity index (χ3n) is 3.74. The summed E-state index contributed by atoms with van der Waals surface area (Å²) in [5.41, 5.74) is 5.53. The zero-order chi connectivity index (χ0) is 18.6. The zero-order valence-corrected chi connectivity index (χ0v) is 16.8. The average molecular weight is 384 g/mol. The summed E-state index contributed by atoms with van der Waals surface area (Å²) < 4.78 is 44.0. The highest BCUT2D eigenvalue weighted by atomic mass is 28.4. The number of hydrogen-bond acceptors (Lipinski definition) is 9. The van der Waals surface area contributed by atoms with E-state index in [0.29, 0.717) is 38.8 Å². The Bertz CT molecular complexity index is 335. The van der Waals surface area contributed by atoms with Crippen LogP contribution in [-0.2, 0) is 37.0 Å². The van der Waals surface area contributed by atoms with Gasteiger partial charge in [-0.3, -0.25) is 4.43 Å². The highest BCUT2D eigenvalue weighted by molar-refractivity contribution is 6.60. The van der Waals surface area contributed by atoms with Gasteiger partial charge in [0, 0.05) is 47.7 Å². The van der Waals surface area contributed by atoms with Crippen LogP contribution in [0.5, 0.6) is 0 Å². The highest BCUT2D eigenvalue weighted by Gasteiger charge is 2.50. The first-order valence-electron chi connectivity index (χ1n) is 8.53. The molecule has 2 unspecified atom stereocenters. The summed E-state index contributed by atoms with van der Waals surface area (Å²) in [6, 6.07) is 0.537. The van der Waals surface area contributed by atoms with Crippen molar-refractivity contribution in [2.24, 2.45) is 5.73 Å². The van der Waals surface area contributed by atoms with Gasteiger partial charge in [0.1, 0.15) is 6.10 Å². The Kier molecular flexibility index (Phi) is 11.2. The van der Waals surface area contributed by atoms with Crippen LogP contribution >= 0.6 is 0 Å². The fraction of sp³-hybridized carbons (Fsp3) is 1.00. The molecular weight excluding hydrogens is 350 g/mol. The standard InChI is InChI=1S/C15H33NO8Si/c1-17-15(18-2,19-3)24-25(20-4,23-10-6-5-8-16)11-7-9-21-12-14-13-22-14/h14H,5-13,16H2,1-4H3. The van der Waals surface area contributed by atoms with E-state index in [2.05, 4.69) is 0 Å². The summed E-state index contributed by atoms with van der Waals surface area (Å²) >= 11 is 0. The Morgan fingerprint density at radius 1 is 1.04 bits per heavy atom. The van der Waals surface area contributed by atoms with Crippen molar-refractivity contribution < 1.29 is 37.0 Å². The molecule has 2 N–H and O–H groups in total. The molecule has 2 atom stereocenters. The number of rotatable bonds is 17. The molecule has 0 spiro atoms. The first-order valence-corrected chi connectivity index (χ1v) is 10.5. The zero-order valence-electron chi connectivity index (χ0n) is 15.8. The number of unbranched alkanes of at least 4 members (excludes halogenated alkanes) is 1. The van der Waals surface area contributed by atoms with Gasteiger partial charge in [0.2, 0.25) is 0 Å². The lowest BCUT2D eigenvalue weighted by Crippen LogP contribution is -2.55. The summed E-state index contributed by atoms with van der Waals surface area (Å²) in [6.07, 6.45) is 0.961. The summed E-state index contributed by atoms with van der Waals surface area (Å²) in [7, 11) is 2.73. The van der Waals surface area contributed by atoms with E-state index in [1.54, 1.807) is 7.11 Å². The van der Waals surface area contributed by atoms with Crippen molar-refractivity contribution in [2.45, 2.75) is 37.6 Å². The molecule has 9 nitrogen and oxygen atoms in total. The molecule has 1 heterocycles. The third-order valence-corrected chi connectivity index (χ3v) is 6.53. The predicted octanol–water partition coefficient (Wildman–Crippen LogP) is 0.700. The second-order valence-corrected chi connectivity index (χ2v) is 8.35. The molecule has 0 bridgehead atoms. The van der Waals surface area contributed by atoms with Crippen molar-refractivity contribution in [3.8, 4) is 0 Å². The van der Waals surface area contributed by atoms with Crippen molar-refractivity contribution >= 4 is 8.80 Å². The quantitative estimate of drug-likeness (QED) is 0.168. The molecule has 0 amide bonds.